The summed E-state index contributed by atoms with van der Waals surface area (Å²) in [6.45, 7) is 0.153. The zero-order valence-electron chi connectivity index (χ0n) is 11.0. The summed E-state index contributed by atoms with van der Waals surface area (Å²) in [7, 11) is -2.81. The summed E-state index contributed by atoms with van der Waals surface area (Å²) >= 11 is 0. The van der Waals surface area contributed by atoms with Gasteiger partial charge < -0.3 is 9.67 Å². The van der Waals surface area contributed by atoms with Crippen LogP contribution >= 0.6 is 0 Å². The molecule has 0 bridgehead atoms. The molecule has 6 heteroatoms. The van der Waals surface area contributed by atoms with Gasteiger partial charge in [-0.2, -0.15) is 0 Å². The minimum atomic E-state index is -2.81. The molecule has 0 spiro atoms. The smallest absolute Gasteiger partial charge is 0.150 e. The van der Waals surface area contributed by atoms with E-state index in [-0.39, 0.29) is 18.6 Å². The number of aliphatic hydroxyl groups is 1. The molecule has 106 valence electrons. The summed E-state index contributed by atoms with van der Waals surface area (Å²) in [4.78, 5) is 4.62. The Balaban J connectivity index is 1.75. The molecule has 2 unspecified atom stereocenters. The van der Waals surface area contributed by atoms with Gasteiger partial charge in [0.2, 0.25) is 0 Å². The van der Waals surface area contributed by atoms with Crippen LogP contribution in [0, 0.1) is 5.92 Å². The third kappa shape index (κ3) is 2.69. The summed E-state index contributed by atoms with van der Waals surface area (Å²) in [5.74, 6) is 1.89. The van der Waals surface area contributed by atoms with Crippen LogP contribution in [0.4, 0.5) is 0 Å². The molecule has 0 radical (unpaired) electrons. The van der Waals surface area contributed by atoms with Gasteiger partial charge in [0.25, 0.3) is 0 Å². The van der Waals surface area contributed by atoms with Crippen molar-refractivity contribution in [3.8, 4) is 0 Å². The SMILES string of the molecule is O=S1(=O)CCC(Cc2cn3c(n2)CCCC3CO)C1. The lowest BCUT2D eigenvalue weighted by Crippen LogP contribution is -2.20. The molecule has 3 heterocycles. The second-order valence-electron chi connectivity index (χ2n) is 5.76. The van der Waals surface area contributed by atoms with Gasteiger partial charge in [-0.3, -0.25) is 0 Å². The van der Waals surface area contributed by atoms with E-state index in [2.05, 4.69) is 9.55 Å². The average Bonchev–Trinajstić information content (AvgIpc) is 2.91. The molecular formula is C13H20N2O3S. The Morgan fingerprint density at radius 2 is 2.26 bits per heavy atom. The van der Waals surface area contributed by atoms with Crippen molar-refractivity contribution in [2.45, 2.75) is 38.1 Å². The van der Waals surface area contributed by atoms with Gasteiger partial charge in [-0.15, -0.1) is 0 Å². The van der Waals surface area contributed by atoms with E-state index in [4.69, 9.17) is 0 Å². The standard InChI is InChI=1S/C13H20N2O3S/c16-8-12-2-1-3-13-14-11(7-15(12)13)6-10-4-5-19(17,18)9-10/h7,10,12,16H,1-6,8-9H2. The zero-order valence-corrected chi connectivity index (χ0v) is 11.8. The fourth-order valence-electron chi connectivity index (χ4n) is 3.23. The van der Waals surface area contributed by atoms with Gasteiger partial charge >= 0.3 is 0 Å². The Hall–Kier alpha value is -0.880. The molecule has 3 rings (SSSR count). The lowest BCUT2D eigenvalue weighted by atomic mass is 10.0. The van der Waals surface area contributed by atoms with Crippen molar-refractivity contribution >= 4 is 9.84 Å². The van der Waals surface area contributed by atoms with Crippen LogP contribution in [0.1, 0.15) is 36.8 Å². The first-order chi connectivity index (χ1) is 9.07. The molecule has 1 aromatic heterocycles. The maximum atomic E-state index is 11.5. The van der Waals surface area contributed by atoms with E-state index in [1.807, 2.05) is 6.20 Å². The summed E-state index contributed by atoms with van der Waals surface area (Å²) in [6.07, 6.45) is 6.54. The Bertz CT molecular complexity index is 564. The van der Waals surface area contributed by atoms with Crippen LogP contribution in [0.3, 0.4) is 0 Å². The van der Waals surface area contributed by atoms with Crippen molar-refractivity contribution in [1.82, 2.24) is 9.55 Å². The van der Waals surface area contributed by atoms with E-state index < -0.39 is 9.84 Å². The van der Waals surface area contributed by atoms with Gasteiger partial charge in [0.05, 0.1) is 29.8 Å². The van der Waals surface area contributed by atoms with Crippen molar-refractivity contribution in [2.75, 3.05) is 18.1 Å². The lowest BCUT2D eigenvalue weighted by molar-refractivity contribution is 0.206. The van der Waals surface area contributed by atoms with Gasteiger partial charge in [0.1, 0.15) is 5.82 Å². The molecule has 1 N–H and O–H groups in total. The molecule has 19 heavy (non-hydrogen) atoms. The van der Waals surface area contributed by atoms with Crippen LogP contribution in [0.15, 0.2) is 6.20 Å². The van der Waals surface area contributed by atoms with Crippen LogP contribution in [-0.4, -0.2) is 41.2 Å². The van der Waals surface area contributed by atoms with Gasteiger partial charge in [-0.1, -0.05) is 0 Å². The van der Waals surface area contributed by atoms with Gasteiger partial charge in [-0.05, 0) is 31.6 Å². The highest BCUT2D eigenvalue weighted by Crippen LogP contribution is 2.27. The van der Waals surface area contributed by atoms with Crippen LogP contribution in [-0.2, 0) is 22.7 Å². The zero-order chi connectivity index (χ0) is 13.5. The van der Waals surface area contributed by atoms with E-state index >= 15 is 0 Å². The molecule has 5 nitrogen and oxygen atoms in total. The second-order valence-corrected chi connectivity index (χ2v) is 7.99. The minimum absolute atomic E-state index is 0.150. The number of hydrogen-bond acceptors (Lipinski definition) is 4. The average molecular weight is 284 g/mol. The number of hydrogen-bond donors (Lipinski definition) is 1. The predicted molar refractivity (Wildman–Crippen MR) is 71.8 cm³/mol. The summed E-state index contributed by atoms with van der Waals surface area (Å²) in [5.41, 5.74) is 0.984. The third-order valence-electron chi connectivity index (χ3n) is 4.23. The molecular weight excluding hydrogens is 264 g/mol. The summed E-state index contributed by atoms with van der Waals surface area (Å²) in [5, 5.41) is 9.37. The first-order valence-electron chi connectivity index (χ1n) is 6.95. The fraction of sp³-hybridized carbons (Fsp3) is 0.769. The quantitative estimate of drug-likeness (QED) is 0.888. The molecule has 2 atom stereocenters. The lowest BCUT2D eigenvalue weighted by Gasteiger charge is -2.22. The summed E-state index contributed by atoms with van der Waals surface area (Å²) < 4.78 is 25.0. The maximum Gasteiger partial charge on any atom is 0.150 e. The second kappa shape index (κ2) is 4.90. The molecule has 2 aliphatic rings. The Labute approximate surface area is 113 Å². The Morgan fingerprint density at radius 1 is 1.42 bits per heavy atom. The first-order valence-corrected chi connectivity index (χ1v) is 8.77. The number of nitrogens with zero attached hydrogens (tertiary/aromatic N) is 2. The largest absolute Gasteiger partial charge is 0.394 e. The highest BCUT2D eigenvalue weighted by molar-refractivity contribution is 7.91. The number of rotatable bonds is 3. The monoisotopic (exact) mass is 284 g/mol. The van der Waals surface area contributed by atoms with Crippen LogP contribution in [0.25, 0.3) is 0 Å². The van der Waals surface area contributed by atoms with E-state index in [9.17, 15) is 13.5 Å². The van der Waals surface area contributed by atoms with Gasteiger partial charge in [-0.25, -0.2) is 13.4 Å². The van der Waals surface area contributed by atoms with E-state index in [1.54, 1.807) is 0 Å². The van der Waals surface area contributed by atoms with Crippen molar-refractivity contribution in [3.63, 3.8) is 0 Å². The topological polar surface area (TPSA) is 72.2 Å². The number of aliphatic hydroxyl groups excluding tert-OH is 1. The Morgan fingerprint density at radius 3 is 2.95 bits per heavy atom. The minimum Gasteiger partial charge on any atom is -0.394 e. The van der Waals surface area contributed by atoms with Gasteiger partial charge in [0.15, 0.2) is 9.84 Å². The molecule has 1 saturated heterocycles. The van der Waals surface area contributed by atoms with E-state index in [0.717, 1.165) is 43.6 Å². The van der Waals surface area contributed by atoms with E-state index in [0.29, 0.717) is 11.5 Å². The van der Waals surface area contributed by atoms with Crippen LogP contribution in [0.5, 0.6) is 0 Å². The van der Waals surface area contributed by atoms with Crippen LogP contribution < -0.4 is 0 Å². The first kappa shape index (κ1) is 13.1. The number of sulfone groups is 1. The highest BCUT2D eigenvalue weighted by atomic mass is 32.2. The molecule has 0 aliphatic carbocycles. The summed E-state index contributed by atoms with van der Waals surface area (Å²) in [6, 6.07) is 0.150. The van der Waals surface area contributed by atoms with Crippen molar-refractivity contribution < 1.29 is 13.5 Å². The molecule has 0 amide bonds. The van der Waals surface area contributed by atoms with Crippen molar-refractivity contribution in [1.29, 1.82) is 0 Å². The number of aromatic nitrogens is 2. The van der Waals surface area contributed by atoms with Gasteiger partial charge in [0, 0.05) is 12.6 Å². The molecule has 1 fully saturated rings. The fourth-order valence-corrected chi connectivity index (χ4v) is 5.09. The highest BCUT2D eigenvalue weighted by Gasteiger charge is 2.29. The molecule has 1 aromatic rings. The van der Waals surface area contributed by atoms with Crippen molar-refractivity contribution in [2.24, 2.45) is 5.92 Å². The predicted octanol–water partition coefficient (Wildman–Crippen LogP) is 0.730. The normalized spacial score (nSPS) is 29.3. The number of imidazole rings is 1. The maximum absolute atomic E-state index is 11.5. The number of aryl methyl sites for hydroxylation is 1. The molecule has 0 saturated carbocycles. The Kier molecular flexibility index (Phi) is 3.39. The third-order valence-corrected chi connectivity index (χ3v) is 6.06. The van der Waals surface area contributed by atoms with Crippen LogP contribution in [0.2, 0.25) is 0 Å². The molecule has 0 aromatic carbocycles. The number of fused-ring (bicyclic) bond motifs is 1. The van der Waals surface area contributed by atoms with Crippen molar-refractivity contribution in [3.05, 3.63) is 17.7 Å². The molecule has 2 aliphatic heterocycles. The van der Waals surface area contributed by atoms with E-state index in [1.165, 1.54) is 0 Å².